The molecule has 24 heavy (non-hydrogen) atoms. The van der Waals surface area contributed by atoms with Gasteiger partial charge < -0.3 is 20.9 Å². The van der Waals surface area contributed by atoms with E-state index in [-0.39, 0.29) is 17.5 Å². The number of methoxy groups -OCH3 is 1. The fourth-order valence-corrected chi connectivity index (χ4v) is 2.23. The number of nitrogens with two attached hydrogens (primary N) is 1. The van der Waals surface area contributed by atoms with Gasteiger partial charge in [-0.25, -0.2) is 4.39 Å². The van der Waals surface area contributed by atoms with Crippen LogP contribution in [-0.4, -0.2) is 24.7 Å². The molecule has 4 N–H and O–H groups in total. The number of nitrogens with zero attached hydrogens (tertiary/aromatic N) is 1. The summed E-state index contributed by atoms with van der Waals surface area (Å²) in [4.78, 5) is 4.09. The highest BCUT2D eigenvalue weighted by atomic mass is 35.5. The number of hydrogen-bond acceptors (Lipinski definition) is 3. The van der Waals surface area contributed by atoms with Gasteiger partial charge in [0.15, 0.2) is 5.96 Å². The molecule has 0 spiro atoms. The Morgan fingerprint density at radius 3 is 2.83 bits per heavy atom. The van der Waals surface area contributed by atoms with Gasteiger partial charge in [0.05, 0.1) is 24.3 Å². The Kier molecular flexibility index (Phi) is 6.54. The van der Waals surface area contributed by atoms with Crippen molar-refractivity contribution in [2.45, 2.75) is 12.7 Å². The molecular weight excluding hydrogens is 333 g/mol. The summed E-state index contributed by atoms with van der Waals surface area (Å²) < 4.78 is 18.5. The number of benzene rings is 2. The second kappa shape index (κ2) is 8.63. The number of hydrogen-bond donors (Lipinski definition) is 3. The molecule has 0 aromatic heterocycles. The first kappa shape index (κ1) is 18.2. The van der Waals surface area contributed by atoms with Crippen LogP contribution in [0.4, 0.5) is 10.1 Å². The molecule has 0 saturated carbocycles. The van der Waals surface area contributed by atoms with Gasteiger partial charge in [-0.15, -0.1) is 0 Å². The van der Waals surface area contributed by atoms with Gasteiger partial charge >= 0.3 is 0 Å². The average molecular weight is 352 g/mol. The van der Waals surface area contributed by atoms with Crippen molar-refractivity contribution in [1.29, 1.82) is 0 Å². The highest BCUT2D eigenvalue weighted by Gasteiger charge is 2.10. The highest BCUT2D eigenvalue weighted by molar-refractivity contribution is 6.30. The van der Waals surface area contributed by atoms with Crippen LogP contribution in [0, 0.1) is 5.82 Å². The van der Waals surface area contributed by atoms with Crippen LogP contribution < -0.4 is 11.1 Å². The van der Waals surface area contributed by atoms with Gasteiger partial charge in [0, 0.05) is 18.4 Å². The monoisotopic (exact) mass is 351 g/mol. The molecule has 2 aromatic carbocycles. The van der Waals surface area contributed by atoms with Crippen LogP contribution in [0.25, 0.3) is 0 Å². The summed E-state index contributed by atoms with van der Waals surface area (Å²) in [6, 6.07) is 11.6. The Hall–Kier alpha value is -2.15. The molecule has 128 valence electrons. The van der Waals surface area contributed by atoms with Gasteiger partial charge in [-0.1, -0.05) is 35.9 Å². The van der Waals surface area contributed by atoms with E-state index < -0.39 is 11.9 Å². The fraction of sp³-hybridized carbons (Fsp3) is 0.235. The minimum Gasteiger partial charge on any atom is -0.386 e. The molecule has 1 unspecified atom stereocenters. The van der Waals surface area contributed by atoms with E-state index in [1.807, 2.05) is 24.3 Å². The first-order chi connectivity index (χ1) is 11.5. The molecule has 0 bridgehead atoms. The van der Waals surface area contributed by atoms with Crippen molar-refractivity contribution in [3.8, 4) is 0 Å². The molecule has 0 radical (unpaired) electrons. The molecule has 2 rings (SSSR count). The third-order valence-corrected chi connectivity index (χ3v) is 3.65. The summed E-state index contributed by atoms with van der Waals surface area (Å²) in [5.74, 6) is -0.441. The molecule has 0 fully saturated rings. The van der Waals surface area contributed by atoms with Crippen LogP contribution >= 0.6 is 11.6 Å². The van der Waals surface area contributed by atoms with E-state index in [4.69, 9.17) is 22.1 Å². The van der Waals surface area contributed by atoms with E-state index in [0.717, 1.165) is 11.3 Å². The van der Waals surface area contributed by atoms with Gasteiger partial charge in [0.1, 0.15) is 5.82 Å². The van der Waals surface area contributed by atoms with E-state index in [9.17, 15) is 9.50 Å². The highest BCUT2D eigenvalue weighted by Crippen LogP contribution is 2.20. The predicted octanol–water partition coefficient (Wildman–Crippen LogP) is 3.09. The maximum Gasteiger partial charge on any atom is 0.193 e. The quantitative estimate of drug-likeness (QED) is 0.552. The maximum atomic E-state index is 13.4. The maximum absolute atomic E-state index is 13.4. The normalized spacial score (nSPS) is 12.9. The second-order valence-electron chi connectivity index (χ2n) is 5.13. The van der Waals surface area contributed by atoms with Gasteiger partial charge in [0.2, 0.25) is 0 Å². The largest absolute Gasteiger partial charge is 0.386 e. The number of para-hydroxylation sites is 1. The van der Waals surface area contributed by atoms with E-state index >= 15 is 0 Å². The number of aliphatic hydroxyl groups is 1. The predicted molar refractivity (Wildman–Crippen MR) is 93.6 cm³/mol. The lowest BCUT2D eigenvalue weighted by Crippen LogP contribution is -2.24. The van der Waals surface area contributed by atoms with Crippen LogP contribution in [0.3, 0.4) is 0 Å². The molecule has 0 heterocycles. The third kappa shape index (κ3) is 4.92. The summed E-state index contributed by atoms with van der Waals surface area (Å²) in [6.45, 7) is 0.426. The van der Waals surface area contributed by atoms with Crippen molar-refractivity contribution in [3.63, 3.8) is 0 Å². The Labute approximate surface area is 144 Å². The molecule has 7 heteroatoms. The molecule has 1 atom stereocenters. The zero-order valence-electron chi connectivity index (χ0n) is 13.2. The first-order valence-corrected chi connectivity index (χ1v) is 7.66. The summed E-state index contributed by atoms with van der Waals surface area (Å²) in [5.41, 5.74) is 7.93. The van der Waals surface area contributed by atoms with E-state index in [2.05, 4.69) is 10.3 Å². The summed E-state index contributed by atoms with van der Waals surface area (Å²) in [7, 11) is 1.61. The third-order valence-electron chi connectivity index (χ3n) is 3.34. The molecule has 2 aromatic rings. The van der Waals surface area contributed by atoms with Crippen molar-refractivity contribution in [2.24, 2.45) is 10.7 Å². The van der Waals surface area contributed by atoms with E-state index in [1.54, 1.807) is 13.2 Å². The first-order valence-electron chi connectivity index (χ1n) is 7.28. The molecular formula is C17H19ClFN3O2. The fourth-order valence-electron chi connectivity index (χ4n) is 2.11. The summed E-state index contributed by atoms with van der Waals surface area (Å²) >= 11 is 5.62. The zero-order valence-corrected chi connectivity index (χ0v) is 13.9. The van der Waals surface area contributed by atoms with E-state index in [1.165, 1.54) is 12.1 Å². The number of rotatable bonds is 6. The summed E-state index contributed by atoms with van der Waals surface area (Å²) in [6.07, 6.45) is -0.980. The van der Waals surface area contributed by atoms with Gasteiger partial charge in [-0.2, -0.15) is 0 Å². The number of nitrogens with one attached hydrogen (secondary N) is 1. The minimum atomic E-state index is -0.980. The lowest BCUT2D eigenvalue weighted by molar-refractivity contribution is 0.185. The second-order valence-corrected chi connectivity index (χ2v) is 5.54. The lowest BCUT2D eigenvalue weighted by Gasteiger charge is -2.12. The van der Waals surface area contributed by atoms with Crippen LogP contribution in [0.2, 0.25) is 5.02 Å². The van der Waals surface area contributed by atoms with Crippen molar-refractivity contribution in [2.75, 3.05) is 19.0 Å². The van der Waals surface area contributed by atoms with E-state index in [0.29, 0.717) is 12.2 Å². The number of anilines is 1. The number of aliphatic hydroxyl groups excluding tert-OH is 1. The van der Waals surface area contributed by atoms with Crippen LogP contribution in [0.15, 0.2) is 47.5 Å². The molecule has 0 saturated heterocycles. The Morgan fingerprint density at radius 1 is 1.38 bits per heavy atom. The SMILES string of the molecule is COCc1ccccc1NC(N)=NCC(O)c1ccc(Cl)c(F)c1. The molecule has 0 aliphatic carbocycles. The van der Waals surface area contributed by atoms with Crippen LogP contribution in [-0.2, 0) is 11.3 Å². The van der Waals surface area contributed by atoms with Crippen LogP contribution in [0.5, 0.6) is 0 Å². The minimum absolute atomic E-state index is 0.00498. The zero-order chi connectivity index (χ0) is 17.5. The number of aliphatic imine (C=N–C) groups is 1. The van der Waals surface area contributed by atoms with Crippen LogP contribution in [0.1, 0.15) is 17.2 Å². The van der Waals surface area contributed by atoms with Gasteiger partial charge in [-0.3, -0.25) is 4.99 Å². The van der Waals surface area contributed by atoms with Crippen molar-refractivity contribution in [1.82, 2.24) is 0 Å². The average Bonchev–Trinajstić information content (AvgIpc) is 2.57. The molecule has 5 nitrogen and oxygen atoms in total. The van der Waals surface area contributed by atoms with Crippen molar-refractivity contribution < 1.29 is 14.2 Å². The lowest BCUT2D eigenvalue weighted by atomic mass is 10.1. The Morgan fingerprint density at radius 2 is 2.12 bits per heavy atom. The standard InChI is InChI=1S/C17H19ClFN3O2/c1-24-10-12-4-2-3-5-15(12)22-17(20)21-9-16(23)11-6-7-13(18)14(19)8-11/h2-8,16,23H,9-10H2,1H3,(H3,20,21,22). The van der Waals surface area contributed by atoms with Crippen molar-refractivity contribution >= 4 is 23.2 Å². The smallest absolute Gasteiger partial charge is 0.193 e. The van der Waals surface area contributed by atoms with Gasteiger partial charge in [0.25, 0.3) is 0 Å². The topological polar surface area (TPSA) is 79.9 Å². The molecule has 0 aliphatic rings. The van der Waals surface area contributed by atoms with Gasteiger partial charge in [-0.05, 0) is 23.8 Å². The number of halogens is 2. The Bertz CT molecular complexity index is 725. The summed E-state index contributed by atoms with van der Waals surface area (Å²) in [5, 5.41) is 13.0. The molecule has 0 aliphatic heterocycles. The number of ether oxygens (including phenoxy) is 1. The Balaban J connectivity index is 2.02. The molecule has 0 amide bonds. The van der Waals surface area contributed by atoms with Crippen molar-refractivity contribution in [3.05, 3.63) is 64.4 Å². The number of guanidine groups is 1.